The topological polar surface area (TPSA) is 106 Å². The largest absolute Gasteiger partial charge is 0.351 e. The van der Waals surface area contributed by atoms with E-state index >= 15 is 0 Å². The van der Waals surface area contributed by atoms with E-state index in [9.17, 15) is 4.79 Å². The second-order valence-electron chi connectivity index (χ2n) is 7.17. The summed E-state index contributed by atoms with van der Waals surface area (Å²) in [6, 6.07) is 13.0. The van der Waals surface area contributed by atoms with Gasteiger partial charge in [-0.05, 0) is 42.8 Å². The van der Waals surface area contributed by atoms with E-state index in [1.54, 1.807) is 12.1 Å². The van der Waals surface area contributed by atoms with Crippen molar-refractivity contribution in [3.63, 3.8) is 0 Å². The zero-order valence-electron chi connectivity index (χ0n) is 16.3. The summed E-state index contributed by atoms with van der Waals surface area (Å²) < 4.78 is 0. The Kier molecular flexibility index (Phi) is 6.06. The number of anilines is 2. The number of nitrogens with zero attached hydrogens (tertiary/aromatic N) is 4. The highest BCUT2D eigenvalue weighted by molar-refractivity contribution is 5.89. The molecule has 2 amide bonds. The van der Waals surface area contributed by atoms with Crippen LogP contribution in [0.2, 0.25) is 0 Å². The highest BCUT2D eigenvalue weighted by Crippen LogP contribution is 2.19. The second kappa shape index (κ2) is 8.67. The minimum absolute atomic E-state index is 0.0755. The maximum absolute atomic E-state index is 12.4. The van der Waals surface area contributed by atoms with E-state index in [-0.39, 0.29) is 23.8 Å². The lowest BCUT2D eigenvalue weighted by molar-refractivity contribution is 0.247. The fourth-order valence-corrected chi connectivity index (χ4v) is 3.27. The van der Waals surface area contributed by atoms with Crippen molar-refractivity contribution in [2.75, 3.05) is 30.4 Å². The third kappa shape index (κ3) is 4.56. The van der Waals surface area contributed by atoms with E-state index in [0.717, 1.165) is 5.69 Å². The first-order valence-corrected chi connectivity index (χ1v) is 9.33. The Hall–Kier alpha value is -3.18. The molecule has 1 aliphatic heterocycles. The summed E-state index contributed by atoms with van der Waals surface area (Å²) in [6.07, 6.45) is 0. The minimum atomic E-state index is -0.240. The number of hydrogen-bond acceptors (Lipinski definition) is 6. The van der Waals surface area contributed by atoms with Gasteiger partial charge in [0.15, 0.2) is 11.5 Å². The molecule has 1 saturated heterocycles. The first-order valence-electron chi connectivity index (χ1n) is 9.33. The van der Waals surface area contributed by atoms with Crippen LogP contribution in [-0.4, -0.2) is 48.4 Å². The van der Waals surface area contributed by atoms with Crippen LogP contribution in [0.5, 0.6) is 0 Å². The number of nitriles is 1. The molecule has 0 spiro atoms. The molecule has 0 bridgehead atoms. The van der Waals surface area contributed by atoms with Crippen LogP contribution < -0.4 is 20.9 Å². The monoisotopic (exact) mass is 379 g/mol. The quantitative estimate of drug-likeness (QED) is 0.734. The molecular weight excluding hydrogens is 354 g/mol. The molecule has 3 rings (SSSR count). The van der Waals surface area contributed by atoms with Gasteiger partial charge in [-0.15, -0.1) is 10.2 Å². The summed E-state index contributed by atoms with van der Waals surface area (Å²) in [5.74, 6) is 1.14. The molecule has 1 fully saturated rings. The Morgan fingerprint density at radius 3 is 2.43 bits per heavy atom. The molecule has 2 aromatic rings. The molecule has 0 unspecified atom stereocenters. The SMILES string of the molecule is CN[C@H]1CN(c2ccc(C#N)nn2)C[C@H]1NC(=O)Nc1ccc(C(C)C)cc1. The van der Waals surface area contributed by atoms with E-state index in [2.05, 4.69) is 40.0 Å². The molecule has 0 radical (unpaired) electrons. The fraction of sp³-hybridized carbons (Fsp3) is 0.400. The molecule has 1 aromatic carbocycles. The van der Waals surface area contributed by atoms with Gasteiger partial charge in [-0.1, -0.05) is 26.0 Å². The van der Waals surface area contributed by atoms with E-state index in [0.29, 0.717) is 24.8 Å². The zero-order chi connectivity index (χ0) is 20.1. The average molecular weight is 379 g/mol. The van der Waals surface area contributed by atoms with E-state index < -0.39 is 0 Å². The van der Waals surface area contributed by atoms with Gasteiger partial charge in [0.05, 0.1) is 6.04 Å². The van der Waals surface area contributed by atoms with Gasteiger partial charge in [0.25, 0.3) is 0 Å². The molecule has 1 aromatic heterocycles. The normalized spacial score (nSPS) is 18.8. The standard InChI is InChI=1S/C20H25N7O/c1-13(2)14-4-6-15(7-5-14)23-20(28)24-18-12-27(11-17(18)22-3)19-9-8-16(10-21)25-26-19/h4-9,13,17-18,22H,11-12H2,1-3H3,(H2,23,24,28)/t17-,18+/m0/s1. The van der Waals surface area contributed by atoms with Crippen LogP contribution in [0.3, 0.4) is 0 Å². The minimum Gasteiger partial charge on any atom is -0.351 e. The predicted molar refractivity (Wildman–Crippen MR) is 108 cm³/mol. The van der Waals surface area contributed by atoms with Crippen molar-refractivity contribution in [2.24, 2.45) is 0 Å². The molecule has 2 atom stereocenters. The maximum atomic E-state index is 12.4. The predicted octanol–water partition coefficient (Wildman–Crippen LogP) is 2.07. The van der Waals surface area contributed by atoms with Gasteiger partial charge < -0.3 is 20.9 Å². The van der Waals surface area contributed by atoms with Gasteiger partial charge in [-0.3, -0.25) is 0 Å². The molecule has 3 N–H and O–H groups in total. The number of carbonyl (C=O) groups excluding carboxylic acids is 1. The molecule has 0 aliphatic carbocycles. The Labute approximate surface area is 165 Å². The smallest absolute Gasteiger partial charge is 0.319 e. The van der Waals surface area contributed by atoms with Crippen molar-refractivity contribution in [1.29, 1.82) is 5.26 Å². The lowest BCUT2D eigenvalue weighted by atomic mass is 10.0. The van der Waals surface area contributed by atoms with Crippen LogP contribution in [0.15, 0.2) is 36.4 Å². The van der Waals surface area contributed by atoms with Crippen LogP contribution in [-0.2, 0) is 0 Å². The number of benzene rings is 1. The Morgan fingerprint density at radius 1 is 1.14 bits per heavy atom. The molecule has 0 saturated carbocycles. The number of rotatable bonds is 5. The summed E-state index contributed by atoms with van der Waals surface area (Å²) in [4.78, 5) is 14.5. The fourth-order valence-electron chi connectivity index (χ4n) is 3.27. The Bertz CT molecular complexity index is 842. The third-order valence-electron chi connectivity index (χ3n) is 4.93. The van der Waals surface area contributed by atoms with Crippen molar-refractivity contribution >= 4 is 17.5 Å². The number of amides is 2. The first kappa shape index (κ1) is 19.6. The Morgan fingerprint density at radius 2 is 1.86 bits per heavy atom. The summed E-state index contributed by atoms with van der Waals surface area (Å²) in [5.41, 5.74) is 2.28. The molecule has 146 valence electrons. The molecule has 2 heterocycles. The van der Waals surface area contributed by atoms with Gasteiger partial charge in [0.1, 0.15) is 6.07 Å². The lowest BCUT2D eigenvalue weighted by Crippen LogP contribution is -2.49. The summed E-state index contributed by atoms with van der Waals surface area (Å²) >= 11 is 0. The highest BCUT2D eigenvalue weighted by atomic mass is 16.2. The van der Waals surface area contributed by atoms with Gasteiger partial charge in [-0.2, -0.15) is 5.26 Å². The first-order chi connectivity index (χ1) is 13.5. The van der Waals surface area contributed by atoms with Crippen molar-refractivity contribution in [3.8, 4) is 6.07 Å². The van der Waals surface area contributed by atoms with Crippen LogP contribution in [0.25, 0.3) is 0 Å². The molecule has 1 aliphatic rings. The molecule has 8 nitrogen and oxygen atoms in total. The highest BCUT2D eigenvalue weighted by Gasteiger charge is 2.33. The van der Waals surface area contributed by atoms with Crippen LogP contribution >= 0.6 is 0 Å². The Balaban J connectivity index is 1.60. The second-order valence-corrected chi connectivity index (χ2v) is 7.17. The number of nitrogens with one attached hydrogen (secondary N) is 3. The van der Waals surface area contributed by atoms with E-state index in [1.807, 2.05) is 42.3 Å². The third-order valence-corrected chi connectivity index (χ3v) is 4.93. The van der Waals surface area contributed by atoms with E-state index in [1.165, 1.54) is 5.56 Å². The maximum Gasteiger partial charge on any atom is 0.319 e. The number of urea groups is 1. The number of aromatic nitrogens is 2. The van der Waals surface area contributed by atoms with Crippen molar-refractivity contribution in [1.82, 2.24) is 20.8 Å². The molecule has 28 heavy (non-hydrogen) atoms. The van der Waals surface area contributed by atoms with Gasteiger partial charge in [0.2, 0.25) is 0 Å². The number of carbonyl (C=O) groups is 1. The molecule has 8 heteroatoms. The van der Waals surface area contributed by atoms with Crippen molar-refractivity contribution in [3.05, 3.63) is 47.7 Å². The lowest BCUT2D eigenvalue weighted by Gasteiger charge is -2.19. The summed E-state index contributed by atoms with van der Waals surface area (Å²) in [7, 11) is 1.87. The summed E-state index contributed by atoms with van der Waals surface area (Å²) in [5, 5.41) is 26.0. The van der Waals surface area contributed by atoms with Crippen LogP contribution in [0, 0.1) is 11.3 Å². The average Bonchev–Trinajstić information content (AvgIpc) is 3.11. The number of hydrogen-bond donors (Lipinski definition) is 3. The van der Waals surface area contributed by atoms with Crippen LogP contribution in [0.1, 0.15) is 31.0 Å². The van der Waals surface area contributed by atoms with Crippen molar-refractivity contribution in [2.45, 2.75) is 31.8 Å². The zero-order valence-corrected chi connectivity index (χ0v) is 16.3. The van der Waals surface area contributed by atoms with Gasteiger partial charge in [0, 0.05) is 24.8 Å². The van der Waals surface area contributed by atoms with E-state index in [4.69, 9.17) is 5.26 Å². The molecular formula is C20H25N7O. The van der Waals surface area contributed by atoms with Gasteiger partial charge >= 0.3 is 6.03 Å². The summed E-state index contributed by atoms with van der Waals surface area (Å²) in [6.45, 7) is 5.56. The van der Waals surface area contributed by atoms with Crippen LogP contribution in [0.4, 0.5) is 16.3 Å². The van der Waals surface area contributed by atoms with Crippen molar-refractivity contribution < 1.29 is 4.79 Å². The van der Waals surface area contributed by atoms with Gasteiger partial charge in [-0.25, -0.2) is 4.79 Å². The number of likely N-dealkylation sites (N-methyl/N-ethyl adjacent to an activating group) is 1.